The number of esters is 1. The lowest BCUT2D eigenvalue weighted by molar-refractivity contribution is -0.119. The third-order valence-electron chi connectivity index (χ3n) is 5.56. The Morgan fingerprint density at radius 2 is 1.36 bits per heavy atom. The highest BCUT2D eigenvalue weighted by molar-refractivity contribution is 6.14. The first-order valence-corrected chi connectivity index (χ1v) is 11.5. The summed E-state index contributed by atoms with van der Waals surface area (Å²) < 4.78 is 27.5. The molecule has 1 amide bonds. The van der Waals surface area contributed by atoms with Gasteiger partial charge in [-0.2, -0.15) is 0 Å². The fourth-order valence-electron chi connectivity index (χ4n) is 3.85. The molecule has 0 bridgehead atoms. The zero-order valence-electron chi connectivity index (χ0n) is 19.3. The van der Waals surface area contributed by atoms with Gasteiger partial charge in [-0.05, 0) is 36.4 Å². The molecule has 5 rings (SSSR count). The van der Waals surface area contributed by atoms with Gasteiger partial charge in [0.2, 0.25) is 0 Å². The maximum absolute atomic E-state index is 13.2. The second kappa shape index (κ2) is 10.4. The Balaban J connectivity index is 1.24. The first-order valence-electron chi connectivity index (χ1n) is 11.5. The molecule has 0 unspecified atom stereocenters. The van der Waals surface area contributed by atoms with E-state index < -0.39 is 18.5 Å². The minimum atomic E-state index is -0.787. The molecule has 0 atom stereocenters. The van der Waals surface area contributed by atoms with E-state index in [2.05, 4.69) is 5.32 Å². The van der Waals surface area contributed by atoms with E-state index in [1.165, 1.54) is 12.1 Å². The maximum Gasteiger partial charge on any atom is 0.339 e. The number of fused-ring (bicyclic) bond motifs is 2. The second-order valence-electron chi connectivity index (χ2n) is 8.07. The molecule has 0 aromatic heterocycles. The van der Waals surface area contributed by atoms with Crippen molar-refractivity contribution in [3.05, 3.63) is 77.4 Å². The largest absolute Gasteiger partial charge is 0.490 e. The Hall–Kier alpha value is -4.53. The number of rotatable bonds is 6. The third kappa shape index (κ3) is 5.10. The van der Waals surface area contributed by atoms with Crippen LogP contribution in [-0.4, -0.2) is 50.7 Å². The van der Waals surface area contributed by atoms with Crippen LogP contribution < -0.4 is 24.3 Å². The molecule has 2 aliphatic rings. The normalized spacial score (nSPS) is 13.8. The average Bonchev–Trinajstić information content (AvgIpc) is 3.16. The smallest absolute Gasteiger partial charge is 0.339 e. The summed E-state index contributed by atoms with van der Waals surface area (Å²) >= 11 is 0. The Kier molecular flexibility index (Phi) is 6.70. The van der Waals surface area contributed by atoms with Gasteiger partial charge in [0.05, 0.1) is 18.8 Å². The van der Waals surface area contributed by atoms with Gasteiger partial charge in [0.25, 0.3) is 5.91 Å². The van der Waals surface area contributed by atoms with Crippen molar-refractivity contribution in [2.75, 3.05) is 38.4 Å². The van der Waals surface area contributed by atoms with Crippen molar-refractivity contribution >= 4 is 23.3 Å². The zero-order chi connectivity index (χ0) is 24.9. The fourth-order valence-corrected chi connectivity index (χ4v) is 3.85. The van der Waals surface area contributed by atoms with Gasteiger partial charge >= 0.3 is 5.97 Å². The average molecular weight is 489 g/mol. The van der Waals surface area contributed by atoms with E-state index >= 15 is 0 Å². The molecule has 1 N–H and O–H groups in total. The molecule has 9 heteroatoms. The SMILES string of the molecule is O=C(COC(=O)c1ccccc1C(=O)c1ccc2c(c1)OCCO2)Nc1ccc2c(c1)OCCCO2. The molecule has 36 heavy (non-hydrogen) atoms. The predicted molar refractivity (Wildman–Crippen MR) is 128 cm³/mol. The number of carbonyl (C=O) groups is 3. The summed E-state index contributed by atoms with van der Waals surface area (Å²) in [6.07, 6.45) is 0.769. The predicted octanol–water partition coefficient (Wildman–Crippen LogP) is 3.65. The summed E-state index contributed by atoms with van der Waals surface area (Å²) in [7, 11) is 0. The van der Waals surface area contributed by atoms with Gasteiger partial charge in [-0.1, -0.05) is 18.2 Å². The van der Waals surface area contributed by atoms with Crippen molar-refractivity contribution in [3.63, 3.8) is 0 Å². The van der Waals surface area contributed by atoms with Crippen molar-refractivity contribution < 1.29 is 38.1 Å². The topological polar surface area (TPSA) is 109 Å². The van der Waals surface area contributed by atoms with Gasteiger partial charge in [0.1, 0.15) is 13.2 Å². The van der Waals surface area contributed by atoms with E-state index in [0.717, 1.165) is 6.42 Å². The van der Waals surface area contributed by atoms with Gasteiger partial charge in [0, 0.05) is 29.3 Å². The lowest BCUT2D eigenvalue weighted by atomic mass is 9.98. The minimum absolute atomic E-state index is 0.0563. The van der Waals surface area contributed by atoms with Gasteiger partial charge in [-0.3, -0.25) is 9.59 Å². The monoisotopic (exact) mass is 489 g/mol. The van der Waals surface area contributed by atoms with Gasteiger partial charge in [0.15, 0.2) is 35.4 Å². The lowest BCUT2D eigenvalue weighted by Gasteiger charge is -2.18. The maximum atomic E-state index is 13.2. The van der Waals surface area contributed by atoms with E-state index in [1.54, 1.807) is 48.5 Å². The van der Waals surface area contributed by atoms with Crippen molar-refractivity contribution in [2.24, 2.45) is 0 Å². The molecule has 9 nitrogen and oxygen atoms in total. The highest BCUT2D eigenvalue weighted by Crippen LogP contribution is 2.33. The van der Waals surface area contributed by atoms with Crippen molar-refractivity contribution in [2.45, 2.75) is 6.42 Å². The Bertz CT molecular complexity index is 1320. The molecule has 0 spiro atoms. The number of nitrogens with one attached hydrogen (secondary N) is 1. The summed E-state index contributed by atoms with van der Waals surface area (Å²) in [5, 5.41) is 2.67. The molecular formula is C27H23NO8. The molecule has 184 valence electrons. The van der Waals surface area contributed by atoms with Crippen LogP contribution in [0, 0.1) is 0 Å². The number of hydrogen-bond acceptors (Lipinski definition) is 8. The quantitative estimate of drug-likeness (QED) is 0.413. The van der Waals surface area contributed by atoms with E-state index in [-0.39, 0.29) is 16.9 Å². The second-order valence-corrected chi connectivity index (χ2v) is 8.07. The van der Waals surface area contributed by atoms with Crippen LogP contribution in [0.25, 0.3) is 0 Å². The Morgan fingerprint density at radius 1 is 0.722 bits per heavy atom. The van der Waals surface area contributed by atoms with Gasteiger partial charge in [-0.25, -0.2) is 4.79 Å². The third-order valence-corrected chi connectivity index (χ3v) is 5.56. The van der Waals surface area contributed by atoms with E-state index in [0.29, 0.717) is 60.7 Å². The Morgan fingerprint density at radius 3 is 2.17 bits per heavy atom. The van der Waals surface area contributed by atoms with Crippen LogP contribution in [0.5, 0.6) is 23.0 Å². The molecule has 0 radical (unpaired) electrons. The molecule has 0 aliphatic carbocycles. The Labute approximate surface area is 206 Å². The van der Waals surface area contributed by atoms with E-state index in [9.17, 15) is 14.4 Å². The summed E-state index contributed by atoms with van der Waals surface area (Å²) in [5.74, 6) is 0.476. The molecule has 3 aromatic rings. The summed E-state index contributed by atoms with van der Waals surface area (Å²) in [6, 6.07) is 16.2. The van der Waals surface area contributed by atoms with Crippen LogP contribution in [0.2, 0.25) is 0 Å². The molecule has 0 fully saturated rings. The number of ketones is 1. The van der Waals surface area contributed by atoms with Crippen LogP contribution in [-0.2, 0) is 9.53 Å². The summed E-state index contributed by atoms with van der Waals surface area (Å²) in [4.78, 5) is 38.4. The van der Waals surface area contributed by atoms with Crippen LogP contribution in [0.4, 0.5) is 5.69 Å². The molecule has 3 aromatic carbocycles. The standard InChI is InChI=1S/C27H23NO8/c29-25(28-18-7-9-22-24(15-18)33-11-3-10-32-22)16-36-27(31)20-5-2-1-4-19(20)26(30)17-6-8-21-23(14-17)35-13-12-34-21/h1-2,4-9,14-15H,3,10-13,16H2,(H,28,29). The van der Waals surface area contributed by atoms with Crippen molar-refractivity contribution in [1.82, 2.24) is 0 Å². The van der Waals surface area contributed by atoms with Crippen LogP contribution in [0.15, 0.2) is 60.7 Å². The number of benzene rings is 3. The molecule has 0 saturated heterocycles. The van der Waals surface area contributed by atoms with Crippen LogP contribution in [0.1, 0.15) is 32.7 Å². The van der Waals surface area contributed by atoms with E-state index in [4.69, 9.17) is 23.7 Å². The van der Waals surface area contributed by atoms with Crippen molar-refractivity contribution in [1.29, 1.82) is 0 Å². The number of hydrogen-bond donors (Lipinski definition) is 1. The van der Waals surface area contributed by atoms with Crippen molar-refractivity contribution in [3.8, 4) is 23.0 Å². The number of ether oxygens (including phenoxy) is 5. The molecule has 2 heterocycles. The van der Waals surface area contributed by atoms with Gasteiger partial charge < -0.3 is 29.0 Å². The van der Waals surface area contributed by atoms with Crippen LogP contribution >= 0.6 is 0 Å². The fraction of sp³-hybridized carbons (Fsp3) is 0.222. The zero-order valence-corrected chi connectivity index (χ0v) is 19.3. The molecule has 0 saturated carbocycles. The molecule has 2 aliphatic heterocycles. The minimum Gasteiger partial charge on any atom is -0.490 e. The number of anilines is 1. The first-order chi connectivity index (χ1) is 17.6. The highest BCUT2D eigenvalue weighted by atomic mass is 16.6. The number of carbonyl (C=O) groups excluding carboxylic acids is 3. The van der Waals surface area contributed by atoms with E-state index in [1.807, 2.05) is 0 Å². The summed E-state index contributed by atoms with van der Waals surface area (Å²) in [6.45, 7) is 1.39. The molecular weight excluding hydrogens is 466 g/mol. The van der Waals surface area contributed by atoms with Gasteiger partial charge in [-0.15, -0.1) is 0 Å². The first kappa shape index (κ1) is 23.2. The summed E-state index contributed by atoms with van der Waals surface area (Å²) in [5.41, 5.74) is 1.03. The van der Waals surface area contributed by atoms with Crippen LogP contribution in [0.3, 0.4) is 0 Å². The number of amides is 1. The lowest BCUT2D eigenvalue weighted by Crippen LogP contribution is -2.22. The highest BCUT2D eigenvalue weighted by Gasteiger charge is 2.22.